The average molecular weight is 410 g/mol. The Morgan fingerprint density at radius 1 is 1.03 bits per heavy atom. The number of aromatic nitrogens is 6. The summed E-state index contributed by atoms with van der Waals surface area (Å²) in [6.07, 6.45) is 4.83. The van der Waals surface area contributed by atoms with E-state index in [4.69, 9.17) is 5.73 Å². The van der Waals surface area contributed by atoms with Gasteiger partial charge in [-0.15, -0.1) is 10.2 Å². The molecule has 0 bridgehead atoms. The number of rotatable bonds is 7. The van der Waals surface area contributed by atoms with Gasteiger partial charge in [-0.05, 0) is 37.8 Å². The predicted molar refractivity (Wildman–Crippen MR) is 113 cm³/mol. The van der Waals surface area contributed by atoms with E-state index in [1.807, 2.05) is 30.3 Å². The van der Waals surface area contributed by atoms with Gasteiger partial charge in [0.25, 0.3) is 0 Å². The number of thioether (sulfide) groups is 1. The Morgan fingerprint density at radius 3 is 2.59 bits per heavy atom. The van der Waals surface area contributed by atoms with Crippen LogP contribution < -0.4 is 16.0 Å². The number of nitrogen functional groups attached to an aromatic ring is 1. The maximum atomic E-state index is 5.91. The molecule has 5 rings (SSSR count). The predicted octanol–water partition coefficient (Wildman–Crippen LogP) is 3.02. The van der Waals surface area contributed by atoms with E-state index in [9.17, 15) is 0 Å². The van der Waals surface area contributed by atoms with Crippen molar-refractivity contribution < 1.29 is 0 Å². The molecule has 0 unspecified atom stereocenters. The second-order valence-corrected chi connectivity index (χ2v) is 8.23. The molecule has 0 atom stereocenters. The van der Waals surface area contributed by atoms with Crippen LogP contribution in [0.5, 0.6) is 0 Å². The number of para-hydroxylation sites is 1. The molecule has 3 heterocycles. The van der Waals surface area contributed by atoms with Crippen LogP contribution in [0, 0.1) is 0 Å². The Labute approximate surface area is 173 Å². The maximum Gasteiger partial charge on any atom is 0.232 e. The minimum atomic E-state index is 0.204. The summed E-state index contributed by atoms with van der Waals surface area (Å²) >= 11 is 1.60. The van der Waals surface area contributed by atoms with Crippen LogP contribution in [0.25, 0.3) is 0 Å². The van der Waals surface area contributed by atoms with Gasteiger partial charge in [0.15, 0.2) is 5.16 Å². The normalized spacial score (nSPS) is 16.3. The standard InChI is InChI=1S/C19H23N9S/c20-16-22-15(23-17(24-16)21-13-6-2-1-3-7-13)12-29-19-26-25-18(27-10-4-5-11-27)28(19)14-8-9-14/h1-3,6-7,14H,4-5,8-12H2,(H3,20,21,22,23,24). The summed E-state index contributed by atoms with van der Waals surface area (Å²) in [5.41, 5.74) is 6.81. The van der Waals surface area contributed by atoms with Crippen LogP contribution in [-0.4, -0.2) is 42.8 Å². The van der Waals surface area contributed by atoms with Crippen molar-refractivity contribution >= 4 is 35.3 Å². The van der Waals surface area contributed by atoms with Crippen LogP contribution in [0.15, 0.2) is 35.5 Å². The number of benzene rings is 1. The zero-order valence-electron chi connectivity index (χ0n) is 16.0. The van der Waals surface area contributed by atoms with Crippen molar-refractivity contribution in [3.63, 3.8) is 0 Å². The third kappa shape index (κ3) is 4.12. The van der Waals surface area contributed by atoms with Gasteiger partial charge in [-0.1, -0.05) is 30.0 Å². The Hall–Kier alpha value is -2.88. The molecular weight excluding hydrogens is 386 g/mol. The van der Waals surface area contributed by atoms with E-state index in [2.05, 4.69) is 39.9 Å². The molecule has 0 amide bonds. The summed E-state index contributed by atoms with van der Waals surface area (Å²) in [6, 6.07) is 10.3. The van der Waals surface area contributed by atoms with Gasteiger partial charge in [-0.3, -0.25) is 4.57 Å². The highest BCUT2D eigenvalue weighted by Gasteiger charge is 2.32. The molecule has 29 heavy (non-hydrogen) atoms. The lowest BCUT2D eigenvalue weighted by Crippen LogP contribution is -2.22. The molecule has 10 heteroatoms. The number of nitrogens with zero attached hydrogens (tertiary/aromatic N) is 7. The van der Waals surface area contributed by atoms with Crippen molar-refractivity contribution in [2.24, 2.45) is 0 Å². The fourth-order valence-corrected chi connectivity index (χ4v) is 4.35. The van der Waals surface area contributed by atoms with Crippen molar-refractivity contribution in [2.75, 3.05) is 29.0 Å². The molecule has 1 aliphatic carbocycles. The van der Waals surface area contributed by atoms with Crippen molar-refractivity contribution in [3.8, 4) is 0 Å². The molecule has 1 saturated heterocycles. The average Bonchev–Trinajstić information content (AvgIpc) is 3.24. The first-order valence-electron chi connectivity index (χ1n) is 9.91. The number of nitrogens with two attached hydrogens (primary N) is 1. The molecule has 150 valence electrons. The van der Waals surface area contributed by atoms with Crippen molar-refractivity contribution in [3.05, 3.63) is 36.2 Å². The van der Waals surface area contributed by atoms with Gasteiger partial charge in [0.2, 0.25) is 17.8 Å². The van der Waals surface area contributed by atoms with E-state index in [0.717, 1.165) is 29.9 Å². The molecule has 1 saturated carbocycles. The van der Waals surface area contributed by atoms with Crippen LogP contribution in [0.3, 0.4) is 0 Å². The smallest absolute Gasteiger partial charge is 0.232 e. The Morgan fingerprint density at radius 2 is 1.83 bits per heavy atom. The molecule has 2 aliphatic rings. The molecule has 2 aromatic heterocycles. The highest BCUT2D eigenvalue weighted by Crippen LogP contribution is 2.41. The lowest BCUT2D eigenvalue weighted by atomic mass is 10.3. The summed E-state index contributed by atoms with van der Waals surface area (Å²) in [6.45, 7) is 2.13. The zero-order chi connectivity index (χ0) is 19.6. The third-order valence-corrected chi connectivity index (χ3v) is 5.95. The molecule has 2 fully saturated rings. The summed E-state index contributed by atoms with van der Waals surface area (Å²) in [5, 5.41) is 13.1. The van der Waals surface area contributed by atoms with E-state index in [0.29, 0.717) is 23.6 Å². The Kier molecular flexibility index (Phi) is 4.92. The molecule has 9 nitrogen and oxygen atoms in total. The number of hydrogen-bond acceptors (Lipinski definition) is 9. The first-order valence-corrected chi connectivity index (χ1v) is 10.9. The van der Waals surface area contributed by atoms with Gasteiger partial charge in [0.05, 0.1) is 5.75 Å². The van der Waals surface area contributed by atoms with E-state index < -0.39 is 0 Å². The summed E-state index contributed by atoms with van der Waals surface area (Å²) in [5.74, 6) is 2.83. The number of nitrogens with one attached hydrogen (secondary N) is 1. The fourth-order valence-electron chi connectivity index (χ4n) is 3.49. The van der Waals surface area contributed by atoms with Crippen molar-refractivity contribution in [1.29, 1.82) is 0 Å². The second-order valence-electron chi connectivity index (χ2n) is 7.29. The summed E-state index contributed by atoms with van der Waals surface area (Å²) < 4.78 is 2.30. The quantitative estimate of drug-likeness (QED) is 0.569. The largest absolute Gasteiger partial charge is 0.368 e. The molecular formula is C19H23N9S. The minimum Gasteiger partial charge on any atom is -0.368 e. The molecule has 1 aliphatic heterocycles. The van der Waals surface area contributed by atoms with Crippen molar-refractivity contribution in [2.45, 2.75) is 42.6 Å². The van der Waals surface area contributed by atoms with Gasteiger partial charge >= 0.3 is 0 Å². The Balaban J connectivity index is 1.32. The van der Waals surface area contributed by atoms with Gasteiger partial charge < -0.3 is 16.0 Å². The van der Waals surface area contributed by atoms with E-state index in [1.54, 1.807) is 11.8 Å². The molecule has 0 spiro atoms. The van der Waals surface area contributed by atoms with Crippen molar-refractivity contribution in [1.82, 2.24) is 29.7 Å². The van der Waals surface area contributed by atoms with Crippen LogP contribution in [0.2, 0.25) is 0 Å². The Bertz CT molecular complexity index is 981. The lowest BCUT2D eigenvalue weighted by molar-refractivity contribution is 0.651. The molecule has 3 N–H and O–H groups in total. The maximum absolute atomic E-state index is 5.91. The SMILES string of the molecule is Nc1nc(CSc2nnc(N3CCCC3)n2C2CC2)nc(Nc2ccccc2)n1. The summed E-state index contributed by atoms with van der Waals surface area (Å²) in [4.78, 5) is 15.3. The van der Waals surface area contributed by atoms with Crippen LogP contribution in [0.1, 0.15) is 37.5 Å². The summed E-state index contributed by atoms with van der Waals surface area (Å²) in [7, 11) is 0. The van der Waals surface area contributed by atoms with Gasteiger partial charge in [-0.25, -0.2) is 0 Å². The van der Waals surface area contributed by atoms with E-state index in [1.165, 1.54) is 25.7 Å². The molecule has 3 aromatic rings. The molecule has 1 aromatic carbocycles. The first kappa shape index (κ1) is 18.2. The van der Waals surface area contributed by atoms with Gasteiger partial charge in [0.1, 0.15) is 5.82 Å². The van der Waals surface area contributed by atoms with Crippen LogP contribution in [0.4, 0.5) is 23.5 Å². The highest BCUT2D eigenvalue weighted by atomic mass is 32.2. The minimum absolute atomic E-state index is 0.204. The third-order valence-electron chi connectivity index (χ3n) is 5.01. The van der Waals surface area contributed by atoms with Crippen LogP contribution >= 0.6 is 11.8 Å². The van der Waals surface area contributed by atoms with E-state index in [-0.39, 0.29) is 5.95 Å². The van der Waals surface area contributed by atoms with Gasteiger partial charge in [0, 0.05) is 24.8 Å². The highest BCUT2D eigenvalue weighted by molar-refractivity contribution is 7.98. The van der Waals surface area contributed by atoms with E-state index >= 15 is 0 Å². The monoisotopic (exact) mass is 409 g/mol. The number of anilines is 4. The van der Waals surface area contributed by atoms with Gasteiger partial charge in [-0.2, -0.15) is 15.0 Å². The second kappa shape index (κ2) is 7.86. The first-order chi connectivity index (χ1) is 14.3. The fraction of sp³-hybridized carbons (Fsp3) is 0.421. The zero-order valence-corrected chi connectivity index (χ0v) is 16.8. The van der Waals surface area contributed by atoms with Crippen LogP contribution in [-0.2, 0) is 5.75 Å². The molecule has 0 radical (unpaired) electrons. The topological polar surface area (TPSA) is 111 Å². The lowest BCUT2D eigenvalue weighted by Gasteiger charge is -2.17. The number of hydrogen-bond donors (Lipinski definition) is 2.